The van der Waals surface area contributed by atoms with E-state index < -0.39 is 0 Å². The molecule has 1 fully saturated rings. The summed E-state index contributed by atoms with van der Waals surface area (Å²) in [4.78, 5) is 4.15. The highest BCUT2D eigenvalue weighted by atomic mass is 16.3. The molecule has 1 heterocycles. The summed E-state index contributed by atoms with van der Waals surface area (Å²) >= 11 is 0. The quantitative estimate of drug-likeness (QED) is 0.833. The van der Waals surface area contributed by atoms with Gasteiger partial charge in [0.05, 0.1) is 17.7 Å². The van der Waals surface area contributed by atoms with Gasteiger partial charge in [0.1, 0.15) is 5.82 Å². The summed E-state index contributed by atoms with van der Waals surface area (Å²) in [7, 11) is 0. The number of aromatic nitrogens is 1. The van der Waals surface area contributed by atoms with Crippen molar-refractivity contribution in [1.29, 1.82) is 5.26 Å². The highest BCUT2D eigenvalue weighted by Gasteiger charge is 2.22. The molecule has 1 aromatic heterocycles. The summed E-state index contributed by atoms with van der Waals surface area (Å²) in [5.74, 6) is 1.01. The van der Waals surface area contributed by atoms with Crippen molar-refractivity contribution in [2.24, 2.45) is 5.92 Å². The molecule has 0 amide bonds. The molecule has 2 rings (SSSR count). The van der Waals surface area contributed by atoms with Gasteiger partial charge in [-0.2, -0.15) is 5.26 Å². The summed E-state index contributed by atoms with van der Waals surface area (Å²) in [5, 5.41) is 21.8. The SMILES string of the molecule is N#Cc1ccnc(NCC2CCCCC2O)c1. The zero-order chi connectivity index (χ0) is 12.1. The van der Waals surface area contributed by atoms with E-state index in [1.54, 1.807) is 18.3 Å². The van der Waals surface area contributed by atoms with Crippen LogP contribution in [0.15, 0.2) is 18.3 Å². The molecule has 1 aromatic rings. The molecule has 2 atom stereocenters. The topological polar surface area (TPSA) is 68.9 Å². The molecule has 1 aliphatic carbocycles. The first-order valence-electron chi connectivity index (χ1n) is 6.07. The van der Waals surface area contributed by atoms with E-state index in [1.807, 2.05) is 0 Å². The third-order valence-corrected chi connectivity index (χ3v) is 3.30. The molecule has 17 heavy (non-hydrogen) atoms. The first-order valence-corrected chi connectivity index (χ1v) is 6.07. The third-order valence-electron chi connectivity index (χ3n) is 3.30. The molecular weight excluding hydrogens is 214 g/mol. The van der Waals surface area contributed by atoms with Gasteiger partial charge >= 0.3 is 0 Å². The summed E-state index contributed by atoms with van der Waals surface area (Å²) in [5.41, 5.74) is 0.603. The van der Waals surface area contributed by atoms with Crippen molar-refractivity contribution >= 4 is 5.82 Å². The van der Waals surface area contributed by atoms with Gasteiger partial charge in [0, 0.05) is 18.7 Å². The van der Waals surface area contributed by atoms with E-state index in [1.165, 1.54) is 6.42 Å². The van der Waals surface area contributed by atoms with Crippen LogP contribution < -0.4 is 5.32 Å². The predicted molar refractivity (Wildman–Crippen MR) is 65.4 cm³/mol. The maximum absolute atomic E-state index is 9.83. The van der Waals surface area contributed by atoms with Crippen LogP contribution in [0.4, 0.5) is 5.82 Å². The summed E-state index contributed by atoms with van der Waals surface area (Å²) in [6.45, 7) is 0.725. The Morgan fingerprint density at radius 1 is 1.47 bits per heavy atom. The van der Waals surface area contributed by atoms with Gasteiger partial charge in [-0.25, -0.2) is 4.98 Å². The summed E-state index contributed by atoms with van der Waals surface area (Å²) < 4.78 is 0. The Labute approximate surface area is 101 Å². The Morgan fingerprint density at radius 2 is 2.29 bits per heavy atom. The fourth-order valence-electron chi connectivity index (χ4n) is 2.26. The predicted octanol–water partition coefficient (Wildman–Crippen LogP) is 1.92. The molecule has 0 bridgehead atoms. The van der Waals surface area contributed by atoms with Crippen LogP contribution in [0.3, 0.4) is 0 Å². The Balaban J connectivity index is 1.90. The van der Waals surface area contributed by atoms with Crippen LogP contribution in [0, 0.1) is 17.2 Å². The van der Waals surface area contributed by atoms with Crippen LogP contribution in [-0.4, -0.2) is 22.7 Å². The van der Waals surface area contributed by atoms with Gasteiger partial charge in [-0.1, -0.05) is 12.8 Å². The number of hydrogen-bond acceptors (Lipinski definition) is 4. The molecule has 90 valence electrons. The zero-order valence-electron chi connectivity index (χ0n) is 9.76. The number of aliphatic hydroxyl groups is 1. The maximum atomic E-state index is 9.83. The van der Waals surface area contributed by atoms with Crippen molar-refractivity contribution in [2.45, 2.75) is 31.8 Å². The van der Waals surface area contributed by atoms with Gasteiger partial charge in [-0.05, 0) is 25.0 Å². The molecule has 2 unspecified atom stereocenters. The number of nitrogens with one attached hydrogen (secondary N) is 1. The lowest BCUT2D eigenvalue weighted by atomic mass is 9.86. The monoisotopic (exact) mass is 231 g/mol. The van der Waals surface area contributed by atoms with Crippen molar-refractivity contribution in [1.82, 2.24) is 4.98 Å². The van der Waals surface area contributed by atoms with Gasteiger partial charge in [0.2, 0.25) is 0 Å². The molecule has 4 heteroatoms. The Morgan fingerprint density at radius 3 is 3.06 bits per heavy atom. The van der Waals surface area contributed by atoms with Crippen LogP contribution in [0.5, 0.6) is 0 Å². The molecule has 4 nitrogen and oxygen atoms in total. The standard InChI is InChI=1S/C13H17N3O/c14-8-10-5-6-15-13(7-10)16-9-11-3-1-2-4-12(11)17/h5-7,11-12,17H,1-4,9H2,(H,15,16). The number of anilines is 1. The second-order valence-electron chi connectivity index (χ2n) is 4.53. The molecule has 1 aliphatic rings. The molecular formula is C13H17N3O. The van der Waals surface area contributed by atoms with E-state index in [0.717, 1.165) is 25.8 Å². The Kier molecular flexibility index (Phi) is 3.94. The van der Waals surface area contributed by atoms with Crippen molar-refractivity contribution in [2.75, 3.05) is 11.9 Å². The van der Waals surface area contributed by atoms with Crippen LogP contribution in [-0.2, 0) is 0 Å². The average molecular weight is 231 g/mol. The minimum absolute atomic E-state index is 0.199. The maximum Gasteiger partial charge on any atom is 0.127 e. The van der Waals surface area contributed by atoms with E-state index >= 15 is 0 Å². The van der Waals surface area contributed by atoms with Crippen molar-refractivity contribution < 1.29 is 5.11 Å². The van der Waals surface area contributed by atoms with Crippen molar-refractivity contribution in [3.05, 3.63) is 23.9 Å². The van der Waals surface area contributed by atoms with Crippen LogP contribution in [0.25, 0.3) is 0 Å². The van der Waals surface area contributed by atoms with E-state index in [0.29, 0.717) is 17.3 Å². The fourth-order valence-corrected chi connectivity index (χ4v) is 2.26. The number of pyridine rings is 1. The van der Waals surface area contributed by atoms with E-state index in [2.05, 4.69) is 16.4 Å². The van der Waals surface area contributed by atoms with Gasteiger partial charge in [0.25, 0.3) is 0 Å². The zero-order valence-corrected chi connectivity index (χ0v) is 9.76. The molecule has 2 N–H and O–H groups in total. The molecule has 0 radical (unpaired) electrons. The van der Waals surface area contributed by atoms with Gasteiger partial charge in [-0.15, -0.1) is 0 Å². The normalized spacial score (nSPS) is 24.0. The second-order valence-corrected chi connectivity index (χ2v) is 4.53. The second kappa shape index (κ2) is 5.65. The number of nitriles is 1. The minimum Gasteiger partial charge on any atom is -0.393 e. The lowest BCUT2D eigenvalue weighted by molar-refractivity contribution is 0.0763. The highest BCUT2D eigenvalue weighted by Crippen LogP contribution is 2.24. The molecule has 0 aromatic carbocycles. The van der Waals surface area contributed by atoms with Crippen molar-refractivity contribution in [3.8, 4) is 6.07 Å². The average Bonchev–Trinajstić information content (AvgIpc) is 2.38. The minimum atomic E-state index is -0.199. The van der Waals surface area contributed by atoms with E-state index in [9.17, 15) is 5.11 Å². The first-order chi connectivity index (χ1) is 8.29. The summed E-state index contributed by atoms with van der Waals surface area (Å²) in [6.07, 6.45) is 5.70. The Hall–Kier alpha value is -1.60. The van der Waals surface area contributed by atoms with E-state index in [4.69, 9.17) is 5.26 Å². The van der Waals surface area contributed by atoms with Gasteiger partial charge in [0.15, 0.2) is 0 Å². The third kappa shape index (κ3) is 3.18. The smallest absolute Gasteiger partial charge is 0.127 e. The lowest BCUT2D eigenvalue weighted by Crippen LogP contribution is -2.30. The number of hydrogen-bond donors (Lipinski definition) is 2. The van der Waals surface area contributed by atoms with Crippen LogP contribution in [0.1, 0.15) is 31.2 Å². The molecule has 0 aliphatic heterocycles. The van der Waals surface area contributed by atoms with Crippen LogP contribution in [0.2, 0.25) is 0 Å². The number of rotatable bonds is 3. The first kappa shape index (κ1) is 11.9. The lowest BCUT2D eigenvalue weighted by Gasteiger charge is -2.27. The van der Waals surface area contributed by atoms with Gasteiger partial charge < -0.3 is 10.4 Å². The summed E-state index contributed by atoms with van der Waals surface area (Å²) in [6, 6.07) is 5.50. The molecule has 0 spiro atoms. The fraction of sp³-hybridized carbons (Fsp3) is 0.538. The Bertz CT molecular complexity index is 413. The van der Waals surface area contributed by atoms with Crippen molar-refractivity contribution in [3.63, 3.8) is 0 Å². The van der Waals surface area contributed by atoms with Crippen LogP contribution >= 0.6 is 0 Å². The van der Waals surface area contributed by atoms with E-state index in [-0.39, 0.29) is 6.10 Å². The van der Waals surface area contributed by atoms with Gasteiger partial charge in [-0.3, -0.25) is 0 Å². The number of aliphatic hydroxyl groups excluding tert-OH is 1. The molecule has 0 saturated heterocycles. The molecule has 1 saturated carbocycles. The highest BCUT2D eigenvalue weighted by molar-refractivity contribution is 5.42. The number of nitrogens with zero attached hydrogens (tertiary/aromatic N) is 2. The largest absolute Gasteiger partial charge is 0.393 e.